The van der Waals surface area contributed by atoms with Crippen LogP contribution in [-0.4, -0.2) is 9.13 Å². The third-order valence-electron chi connectivity index (χ3n) is 9.01. The molecule has 0 unspecified atom stereocenters. The van der Waals surface area contributed by atoms with Crippen LogP contribution >= 0.6 is 0 Å². The molecule has 0 aliphatic rings. The number of hydrogen-bond acceptors (Lipinski definition) is 0. The fourth-order valence-electron chi connectivity index (χ4n) is 6.91. The van der Waals surface area contributed by atoms with Gasteiger partial charge in [0.15, 0.2) is 0 Å². The van der Waals surface area contributed by atoms with E-state index in [1.54, 1.807) is 0 Å². The zero-order valence-electron chi connectivity index (χ0n) is 26.8. The molecule has 2 nitrogen and oxygen atoms in total. The SMILES string of the molecule is FC(F)(F)c1cc(C(F)(F)F)c(-n2c3ccccc3c3ccc4c5ccccc5n(-c5c(C(F)(F)F)cc(C(F)(F)F)cc5C(F)(F)F)c4c32)c(C(F)(F)F)c1. The Labute approximate surface area is 298 Å². The van der Waals surface area contributed by atoms with Crippen molar-refractivity contribution in [3.8, 4) is 11.4 Å². The number of nitrogens with zero attached hydrogens (tertiary/aromatic N) is 2. The third kappa shape index (κ3) is 6.12. The summed E-state index contributed by atoms with van der Waals surface area (Å²) in [6.45, 7) is 0. The number of rotatable bonds is 2. The Kier molecular flexibility index (Phi) is 8.27. The summed E-state index contributed by atoms with van der Waals surface area (Å²) < 4.78 is 261. The molecule has 56 heavy (non-hydrogen) atoms. The van der Waals surface area contributed by atoms with Crippen LogP contribution in [0.2, 0.25) is 0 Å². The molecule has 5 aromatic carbocycles. The van der Waals surface area contributed by atoms with Crippen molar-refractivity contribution >= 4 is 43.6 Å². The lowest BCUT2D eigenvalue weighted by atomic mass is 9.99. The lowest BCUT2D eigenvalue weighted by Crippen LogP contribution is -2.21. The fourth-order valence-corrected chi connectivity index (χ4v) is 6.91. The second-order valence-electron chi connectivity index (χ2n) is 12.4. The van der Waals surface area contributed by atoms with Crippen molar-refractivity contribution in [3.05, 3.63) is 118 Å². The maximum atomic E-state index is 14.8. The van der Waals surface area contributed by atoms with Crippen molar-refractivity contribution in [2.75, 3.05) is 0 Å². The van der Waals surface area contributed by atoms with Crippen molar-refractivity contribution in [3.63, 3.8) is 0 Å². The summed E-state index contributed by atoms with van der Waals surface area (Å²) in [7, 11) is 0. The Bertz CT molecular complexity index is 2450. The first-order chi connectivity index (χ1) is 25.6. The van der Waals surface area contributed by atoms with Gasteiger partial charge in [0.2, 0.25) is 0 Å². The molecule has 0 aliphatic heterocycles. The summed E-state index contributed by atoms with van der Waals surface area (Å²) in [6.07, 6.45) is -35.7. The summed E-state index contributed by atoms with van der Waals surface area (Å²) in [4.78, 5) is 0. The van der Waals surface area contributed by atoms with Crippen LogP contribution in [0.4, 0.5) is 79.0 Å². The quantitative estimate of drug-likeness (QED) is 0.154. The van der Waals surface area contributed by atoms with Gasteiger partial charge in [0, 0.05) is 21.5 Å². The fraction of sp³-hybridized carbons (Fsp3) is 0.167. The summed E-state index contributed by atoms with van der Waals surface area (Å²) in [5.74, 6) is 0. The molecule has 0 saturated carbocycles. The summed E-state index contributed by atoms with van der Waals surface area (Å²) in [5, 5.41) is -1.34. The number of alkyl halides is 18. The van der Waals surface area contributed by atoms with Crippen LogP contribution in [0.5, 0.6) is 0 Å². The van der Waals surface area contributed by atoms with Gasteiger partial charge in [-0.05, 0) is 36.4 Å². The maximum Gasteiger partial charge on any atom is 0.418 e. The van der Waals surface area contributed by atoms with Crippen molar-refractivity contribution in [2.45, 2.75) is 37.1 Å². The van der Waals surface area contributed by atoms with Crippen LogP contribution in [0.15, 0.2) is 84.9 Å². The van der Waals surface area contributed by atoms with E-state index < -0.39 is 139 Å². The van der Waals surface area contributed by atoms with E-state index in [-0.39, 0.29) is 19.9 Å². The zero-order valence-corrected chi connectivity index (χ0v) is 26.8. The number of aromatic nitrogens is 2. The van der Waals surface area contributed by atoms with Crippen LogP contribution in [-0.2, 0) is 37.1 Å². The third-order valence-corrected chi connectivity index (χ3v) is 9.01. The minimum atomic E-state index is -6.02. The lowest BCUT2D eigenvalue weighted by Gasteiger charge is -2.25. The highest BCUT2D eigenvalue weighted by Crippen LogP contribution is 2.52. The molecule has 0 aliphatic carbocycles. The predicted octanol–water partition coefficient (Wildman–Crippen LogP) is 14.0. The first kappa shape index (κ1) is 38.7. The second kappa shape index (κ2) is 12.0. The van der Waals surface area contributed by atoms with Gasteiger partial charge in [-0.1, -0.05) is 48.5 Å². The zero-order chi connectivity index (χ0) is 41.3. The first-order valence-corrected chi connectivity index (χ1v) is 15.4. The molecule has 0 radical (unpaired) electrons. The monoisotopic (exact) mass is 816 g/mol. The Morgan fingerprint density at radius 2 is 0.571 bits per heavy atom. The Hall–Kier alpha value is -5.56. The summed E-state index contributed by atoms with van der Waals surface area (Å²) in [5.41, 5.74) is -22.1. The van der Waals surface area contributed by atoms with Gasteiger partial charge in [0.1, 0.15) is 0 Å². The van der Waals surface area contributed by atoms with Crippen LogP contribution in [0, 0.1) is 0 Å². The van der Waals surface area contributed by atoms with Crippen molar-refractivity contribution in [2.24, 2.45) is 0 Å². The molecule has 0 N–H and O–H groups in total. The molecular weight excluding hydrogens is 802 g/mol. The minimum Gasteiger partial charge on any atom is -0.306 e. The second-order valence-corrected chi connectivity index (χ2v) is 12.4. The molecule has 20 heteroatoms. The molecule has 2 heterocycles. The Morgan fingerprint density at radius 1 is 0.304 bits per heavy atom. The van der Waals surface area contributed by atoms with E-state index in [0.717, 1.165) is 48.5 Å². The molecule has 7 rings (SSSR count). The molecule has 2 aromatic heterocycles. The molecular formula is C36H14F18N2. The molecule has 0 spiro atoms. The van der Waals surface area contributed by atoms with Gasteiger partial charge in [-0.3, -0.25) is 0 Å². The number of benzene rings is 5. The highest BCUT2D eigenvalue weighted by Gasteiger charge is 2.48. The Morgan fingerprint density at radius 3 is 0.821 bits per heavy atom. The largest absolute Gasteiger partial charge is 0.418 e. The lowest BCUT2D eigenvalue weighted by molar-refractivity contribution is -0.150. The Balaban J connectivity index is 1.85. The standard InChI is InChI=1S/C36H14F18N2/c37-31(38,39)15-11-21(33(43,44)45)29(22(12-15)34(46,47)48)55-25-7-3-1-5-17(25)19-9-10-20-18-6-2-4-8-26(18)56(28(20)27(19)55)30-23(35(49,50)51)13-16(32(40,41)42)14-24(30)36(52,53)54/h1-14H. The summed E-state index contributed by atoms with van der Waals surface area (Å²) >= 11 is 0. The average molecular weight is 816 g/mol. The first-order valence-electron chi connectivity index (χ1n) is 15.4. The predicted molar refractivity (Wildman–Crippen MR) is 165 cm³/mol. The van der Waals surface area contributed by atoms with Crippen LogP contribution in [0.25, 0.3) is 55.0 Å². The highest BCUT2D eigenvalue weighted by molar-refractivity contribution is 6.24. The maximum absolute atomic E-state index is 14.8. The van der Waals surface area contributed by atoms with Crippen LogP contribution in [0.3, 0.4) is 0 Å². The van der Waals surface area contributed by atoms with Gasteiger partial charge >= 0.3 is 37.1 Å². The van der Waals surface area contributed by atoms with Crippen molar-refractivity contribution in [1.82, 2.24) is 9.13 Å². The van der Waals surface area contributed by atoms with Gasteiger partial charge in [0.05, 0.1) is 66.8 Å². The van der Waals surface area contributed by atoms with Crippen LogP contribution < -0.4 is 0 Å². The van der Waals surface area contributed by atoms with E-state index >= 15 is 0 Å². The number of fused-ring (bicyclic) bond motifs is 7. The number of para-hydroxylation sites is 2. The number of halogens is 18. The van der Waals surface area contributed by atoms with Crippen molar-refractivity contribution in [1.29, 1.82) is 0 Å². The summed E-state index contributed by atoms with van der Waals surface area (Å²) in [6, 6.07) is 8.26. The normalized spacial score (nSPS) is 13.9. The molecule has 0 saturated heterocycles. The van der Waals surface area contributed by atoms with E-state index in [4.69, 9.17) is 0 Å². The van der Waals surface area contributed by atoms with Gasteiger partial charge in [0.25, 0.3) is 0 Å². The van der Waals surface area contributed by atoms with Gasteiger partial charge in [-0.2, -0.15) is 79.0 Å². The van der Waals surface area contributed by atoms with E-state index in [1.165, 1.54) is 12.1 Å². The van der Waals surface area contributed by atoms with E-state index in [1.807, 2.05) is 0 Å². The molecule has 0 atom stereocenters. The smallest absolute Gasteiger partial charge is 0.306 e. The number of hydrogen-bond donors (Lipinski definition) is 0. The van der Waals surface area contributed by atoms with Gasteiger partial charge < -0.3 is 9.13 Å². The van der Waals surface area contributed by atoms with Crippen LogP contribution in [0.1, 0.15) is 33.4 Å². The average Bonchev–Trinajstić information content (AvgIpc) is 3.57. The van der Waals surface area contributed by atoms with Gasteiger partial charge in [-0.15, -0.1) is 0 Å². The molecule has 0 bridgehead atoms. The van der Waals surface area contributed by atoms with E-state index in [9.17, 15) is 79.0 Å². The van der Waals surface area contributed by atoms with Crippen molar-refractivity contribution < 1.29 is 79.0 Å². The molecule has 7 aromatic rings. The minimum absolute atomic E-state index is 0.138. The van der Waals surface area contributed by atoms with Gasteiger partial charge in [-0.25, -0.2) is 0 Å². The topological polar surface area (TPSA) is 9.86 Å². The molecule has 294 valence electrons. The molecule has 0 fully saturated rings. The van der Waals surface area contributed by atoms with E-state index in [2.05, 4.69) is 0 Å². The molecule has 0 amide bonds. The highest BCUT2D eigenvalue weighted by atomic mass is 19.4. The van der Waals surface area contributed by atoms with E-state index in [0.29, 0.717) is 0 Å².